The summed E-state index contributed by atoms with van der Waals surface area (Å²) in [5.41, 5.74) is 3.31. The Hall–Kier alpha value is -2.47. The number of carbonyl (C=O) groups is 1. The van der Waals surface area contributed by atoms with Crippen LogP contribution >= 0.6 is 11.3 Å². The highest BCUT2D eigenvalue weighted by molar-refractivity contribution is 7.14. The first kappa shape index (κ1) is 13.5. The van der Waals surface area contributed by atoms with Crippen LogP contribution in [-0.2, 0) is 0 Å². The van der Waals surface area contributed by atoms with Gasteiger partial charge < -0.3 is 4.52 Å². The van der Waals surface area contributed by atoms with Gasteiger partial charge in [-0.05, 0) is 13.8 Å². The standard InChI is InChI=1S/C15H13N3O2S/c1-9-3-5-11(6-4-9)13-8-21-15(16-13)17-14(19)12-7-10(2)20-18-12/h3-8H,1-2H3,(H,16,17,19). The summed E-state index contributed by atoms with van der Waals surface area (Å²) < 4.78 is 4.88. The normalized spacial score (nSPS) is 10.6. The van der Waals surface area contributed by atoms with Crippen molar-refractivity contribution in [1.29, 1.82) is 0 Å². The number of carbonyl (C=O) groups excluding carboxylic acids is 1. The number of aromatic nitrogens is 2. The van der Waals surface area contributed by atoms with E-state index in [1.165, 1.54) is 16.9 Å². The molecule has 0 spiro atoms. The zero-order valence-corrected chi connectivity index (χ0v) is 12.4. The summed E-state index contributed by atoms with van der Waals surface area (Å²) in [6.07, 6.45) is 0. The molecule has 106 valence electrons. The first-order valence-electron chi connectivity index (χ1n) is 6.39. The van der Waals surface area contributed by atoms with Crippen molar-refractivity contribution in [3.63, 3.8) is 0 Å². The second-order valence-electron chi connectivity index (χ2n) is 4.68. The predicted molar refractivity (Wildman–Crippen MR) is 81.5 cm³/mol. The van der Waals surface area contributed by atoms with Crippen molar-refractivity contribution in [2.45, 2.75) is 13.8 Å². The summed E-state index contributed by atoms with van der Waals surface area (Å²) in [6, 6.07) is 9.67. The number of hydrogen-bond acceptors (Lipinski definition) is 5. The number of nitrogens with one attached hydrogen (secondary N) is 1. The van der Waals surface area contributed by atoms with Gasteiger partial charge in [-0.2, -0.15) is 0 Å². The van der Waals surface area contributed by atoms with Crippen LogP contribution in [0.25, 0.3) is 11.3 Å². The van der Waals surface area contributed by atoms with E-state index in [0.717, 1.165) is 11.3 Å². The van der Waals surface area contributed by atoms with E-state index in [-0.39, 0.29) is 11.6 Å². The smallest absolute Gasteiger partial charge is 0.279 e. The maximum atomic E-state index is 12.0. The molecule has 6 heteroatoms. The summed E-state index contributed by atoms with van der Waals surface area (Å²) in [6.45, 7) is 3.78. The zero-order chi connectivity index (χ0) is 14.8. The first-order chi connectivity index (χ1) is 10.1. The summed E-state index contributed by atoms with van der Waals surface area (Å²) in [4.78, 5) is 16.4. The Balaban J connectivity index is 1.76. The van der Waals surface area contributed by atoms with E-state index in [4.69, 9.17) is 4.52 Å². The van der Waals surface area contributed by atoms with Gasteiger partial charge in [-0.25, -0.2) is 4.98 Å². The quantitative estimate of drug-likeness (QED) is 0.801. The Morgan fingerprint density at radius 2 is 2.00 bits per heavy atom. The van der Waals surface area contributed by atoms with Gasteiger partial charge in [0.25, 0.3) is 5.91 Å². The molecule has 1 amide bonds. The molecular formula is C15H13N3O2S. The molecule has 0 unspecified atom stereocenters. The number of nitrogens with zero attached hydrogens (tertiary/aromatic N) is 2. The van der Waals surface area contributed by atoms with Gasteiger partial charge >= 0.3 is 0 Å². The van der Waals surface area contributed by atoms with Crippen molar-refractivity contribution in [3.05, 3.63) is 52.7 Å². The molecule has 0 radical (unpaired) electrons. The van der Waals surface area contributed by atoms with Crippen LogP contribution in [0.15, 0.2) is 40.2 Å². The van der Waals surface area contributed by atoms with Crippen LogP contribution in [0.3, 0.4) is 0 Å². The number of anilines is 1. The van der Waals surface area contributed by atoms with E-state index in [1.807, 2.05) is 36.6 Å². The van der Waals surface area contributed by atoms with Gasteiger partial charge in [0.15, 0.2) is 10.8 Å². The third kappa shape index (κ3) is 3.00. The Morgan fingerprint density at radius 1 is 1.24 bits per heavy atom. The first-order valence-corrected chi connectivity index (χ1v) is 7.27. The topological polar surface area (TPSA) is 68.0 Å². The molecule has 3 rings (SSSR count). The lowest BCUT2D eigenvalue weighted by atomic mass is 10.1. The van der Waals surface area contributed by atoms with Crippen LogP contribution in [0.4, 0.5) is 5.13 Å². The molecule has 21 heavy (non-hydrogen) atoms. The van der Waals surface area contributed by atoms with E-state index >= 15 is 0 Å². The molecule has 1 aromatic carbocycles. The van der Waals surface area contributed by atoms with Crippen molar-refractivity contribution < 1.29 is 9.32 Å². The van der Waals surface area contributed by atoms with Crippen molar-refractivity contribution in [1.82, 2.24) is 10.1 Å². The predicted octanol–water partition coefficient (Wildman–Crippen LogP) is 3.67. The van der Waals surface area contributed by atoms with Gasteiger partial charge in [0.2, 0.25) is 0 Å². The molecule has 1 N–H and O–H groups in total. The minimum absolute atomic E-state index is 0.250. The largest absolute Gasteiger partial charge is 0.361 e. The number of amides is 1. The number of hydrogen-bond donors (Lipinski definition) is 1. The van der Waals surface area contributed by atoms with Crippen LogP contribution < -0.4 is 5.32 Å². The highest BCUT2D eigenvalue weighted by Crippen LogP contribution is 2.25. The number of benzene rings is 1. The van der Waals surface area contributed by atoms with E-state index in [9.17, 15) is 4.79 Å². The van der Waals surface area contributed by atoms with Crippen LogP contribution in [-0.4, -0.2) is 16.0 Å². The van der Waals surface area contributed by atoms with Gasteiger partial charge in [-0.1, -0.05) is 35.0 Å². The molecule has 0 saturated heterocycles. The van der Waals surface area contributed by atoms with Crippen LogP contribution in [0.5, 0.6) is 0 Å². The minimum Gasteiger partial charge on any atom is -0.361 e. The molecule has 0 fully saturated rings. The van der Waals surface area contributed by atoms with E-state index < -0.39 is 0 Å². The number of aryl methyl sites for hydroxylation is 2. The fourth-order valence-electron chi connectivity index (χ4n) is 1.82. The summed E-state index contributed by atoms with van der Waals surface area (Å²) in [5, 5.41) is 8.84. The van der Waals surface area contributed by atoms with Crippen LogP contribution in [0, 0.1) is 13.8 Å². The molecule has 0 saturated carbocycles. The Bertz CT molecular complexity index is 774. The molecule has 0 atom stereocenters. The average molecular weight is 299 g/mol. The molecule has 2 heterocycles. The number of thiazole rings is 1. The SMILES string of the molecule is Cc1ccc(-c2csc(NC(=O)c3cc(C)on3)n2)cc1. The lowest BCUT2D eigenvalue weighted by molar-refractivity contribution is 0.101. The maximum Gasteiger partial charge on any atom is 0.279 e. The number of rotatable bonds is 3. The Morgan fingerprint density at radius 3 is 2.67 bits per heavy atom. The molecular weight excluding hydrogens is 286 g/mol. The summed E-state index contributed by atoms with van der Waals surface area (Å²) in [5.74, 6) is 0.274. The zero-order valence-electron chi connectivity index (χ0n) is 11.6. The molecule has 0 aliphatic heterocycles. The van der Waals surface area contributed by atoms with Gasteiger partial charge in [0.05, 0.1) is 5.69 Å². The van der Waals surface area contributed by atoms with Crippen molar-refractivity contribution in [2.24, 2.45) is 0 Å². The fraction of sp³-hybridized carbons (Fsp3) is 0.133. The van der Waals surface area contributed by atoms with Crippen LogP contribution in [0.2, 0.25) is 0 Å². The highest BCUT2D eigenvalue weighted by Gasteiger charge is 2.13. The monoisotopic (exact) mass is 299 g/mol. The van der Waals surface area contributed by atoms with Gasteiger partial charge in [0, 0.05) is 17.0 Å². The summed E-state index contributed by atoms with van der Waals surface area (Å²) >= 11 is 1.38. The van der Waals surface area contributed by atoms with Gasteiger partial charge in [0.1, 0.15) is 5.76 Å². The Kier molecular flexibility index (Phi) is 3.53. The molecule has 5 nitrogen and oxygen atoms in total. The molecule has 0 aliphatic rings. The van der Waals surface area contributed by atoms with E-state index in [2.05, 4.69) is 15.5 Å². The molecule has 0 aliphatic carbocycles. The van der Waals surface area contributed by atoms with Gasteiger partial charge in [-0.15, -0.1) is 11.3 Å². The lowest BCUT2D eigenvalue weighted by Crippen LogP contribution is -2.11. The van der Waals surface area contributed by atoms with Gasteiger partial charge in [-0.3, -0.25) is 10.1 Å². The lowest BCUT2D eigenvalue weighted by Gasteiger charge is -1.98. The molecule has 2 aromatic heterocycles. The average Bonchev–Trinajstić information content (AvgIpc) is 3.09. The summed E-state index contributed by atoms with van der Waals surface area (Å²) in [7, 11) is 0. The third-order valence-electron chi connectivity index (χ3n) is 2.93. The highest BCUT2D eigenvalue weighted by atomic mass is 32.1. The fourth-order valence-corrected chi connectivity index (χ4v) is 2.54. The van der Waals surface area contributed by atoms with E-state index in [0.29, 0.717) is 10.9 Å². The molecule has 0 bridgehead atoms. The second-order valence-corrected chi connectivity index (χ2v) is 5.54. The maximum absolute atomic E-state index is 12.0. The van der Waals surface area contributed by atoms with Crippen molar-refractivity contribution >= 4 is 22.4 Å². The second kappa shape index (κ2) is 5.49. The van der Waals surface area contributed by atoms with Crippen LogP contribution in [0.1, 0.15) is 21.8 Å². The minimum atomic E-state index is -0.323. The van der Waals surface area contributed by atoms with Crippen molar-refractivity contribution in [3.8, 4) is 11.3 Å². The third-order valence-corrected chi connectivity index (χ3v) is 3.69. The van der Waals surface area contributed by atoms with E-state index in [1.54, 1.807) is 13.0 Å². The molecule has 3 aromatic rings. The van der Waals surface area contributed by atoms with Crippen molar-refractivity contribution in [2.75, 3.05) is 5.32 Å². The Labute approximate surface area is 125 Å².